The third kappa shape index (κ3) is 3.71. The lowest BCUT2D eigenvalue weighted by atomic mass is 9.90. The first kappa shape index (κ1) is 19.2. The third-order valence-electron chi connectivity index (χ3n) is 6.15. The van der Waals surface area contributed by atoms with Crippen molar-refractivity contribution in [1.82, 2.24) is 10.3 Å². The standard InChI is InChI=1S/C22H27BrN4O2/c1-14-20-19(27-8-10-28-11-9-27)4-7-25-22(20)26-18-13-16(12-17(23)21(18)29-14)15-2-5-24-6-3-15/h4,7,12-15,24H,2-3,5-6,8-11H2,1H3,(H,25,26). The summed E-state index contributed by atoms with van der Waals surface area (Å²) in [7, 11) is 0. The van der Waals surface area contributed by atoms with Gasteiger partial charge in [-0.25, -0.2) is 4.98 Å². The van der Waals surface area contributed by atoms with Gasteiger partial charge in [0.1, 0.15) is 11.9 Å². The van der Waals surface area contributed by atoms with E-state index < -0.39 is 0 Å². The molecule has 0 spiro atoms. The SMILES string of the molecule is CC1Oc2c(Br)cc(C3CCNCC3)cc2Nc2nccc(N3CCOCC3)c21. The summed E-state index contributed by atoms with van der Waals surface area (Å²) >= 11 is 3.77. The Kier molecular flexibility index (Phi) is 5.37. The highest BCUT2D eigenvalue weighted by atomic mass is 79.9. The fourth-order valence-corrected chi connectivity index (χ4v) is 5.20. The highest BCUT2D eigenvalue weighted by Crippen LogP contribution is 2.46. The maximum Gasteiger partial charge on any atom is 0.157 e. The summed E-state index contributed by atoms with van der Waals surface area (Å²) in [5.74, 6) is 2.32. The molecule has 7 heteroatoms. The molecule has 4 heterocycles. The van der Waals surface area contributed by atoms with Crippen LogP contribution >= 0.6 is 15.9 Å². The normalized spacial score (nSPS) is 22.1. The van der Waals surface area contributed by atoms with Crippen LogP contribution in [0.1, 0.15) is 42.9 Å². The average molecular weight is 459 g/mol. The van der Waals surface area contributed by atoms with Crippen LogP contribution < -0.4 is 20.3 Å². The van der Waals surface area contributed by atoms with Gasteiger partial charge in [0.15, 0.2) is 5.75 Å². The number of piperidine rings is 1. The van der Waals surface area contributed by atoms with Gasteiger partial charge in [-0.1, -0.05) is 0 Å². The van der Waals surface area contributed by atoms with Crippen molar-refractivity contribution in [3.05, 3.63) is 40.0 Å². The maximum atomic E-state index is 6.47. The molecule has 2 aromatic rings. The number of nitrogens with zero attached hydrogens (tertiary/aromatic N) is 2. The molecule has 6 nitrogen and oxygen atoms in total. The van der Waals surface area contributed by atoms with E-state index >= 15 is 0 Å². The lowest BCUT2D eigenvalue weighted by molar-refractivity contribution is 0.122. The molecule has 5 rings (SSSR count). The van der Waals surface area contributed by atoms with Crippen LogP contribution in [0.5, 0.6) is 5.75 Å². The van der Waals surface area contributed by atoms with Crippen LogP contribution in [0.2, 0.25) is 0 Å². The predicted octanol–water partition coefficient (Wildman–Crippen LogP) is 4.34. The van der Waals surface area contributed by atoms with Gasteiger partial charge in [0, 0.05) is 25.0 Å². The minimum absolute atomic E-state index is 0.105. The molecule has 2 fully saturated rings. The van der Waals surface area contributed by atoms with E-state index in [2.05, 4.69) is 61.6 Å². The number of pyridine rings is 1. The van der Waals surface area contributed by atoms with Crippen molar-refractivity contribution >= 4 is 33.1 Å². The van der Waals surface area contributed by atoms with E-state index in [0.717, 1.165) is 66.7 Å². The monoisotopic (exact) mass is 458 g/mol. The molecule has 1 aromatic carbocycles. The van der Waals surface area contributed by atoms with Crippen molar-refractivity contribution in [2.75, 3.05) is 49.6 Å². The Hall–Kier alpha value is -1.83. The molecule has 154 valence electrons. The molecule has 1 atom stereocenters. The van der Waals surface area contributed by atoms with E-state index in [4.69, 9.17) is 9.47 Å². The number of nitrogens with one attached hydrogen (secondary N) is 2. The molecular formula is C22H27BrN4O2. The molecule has 0 amide bonds. The highest BCUT2D eigenvalue weighted by molar-refractivity contribution is 9.10. The van der Waals surface area contributed by atoms with E-state index in [9.17, 15) is 0 Å². The molecule has 1 aromatic heterocycles. The molecule has 0 radical (unpaired) electrons. The Morgan fingerprint density at radius 1 is 1.17 bits per heavy atom. The molecule has 29 heavy (non-hydrogen) atoms. The second kappa shape index (κ2) is 8.13. The Bertz CT molecular complexity index is 895. The Morgan fingerprint density at radius 2 is 1.97 bits per heavy atom. The molecule has 2 saturated heterocycles. The largest absolute Gasteiger partial charge is 0.482 e. The molecule has 3 aliphatic heterocycles. The minimum Gasteiger partial charge on any atom is -0.482 e. The van der Waals surface area contributed by atoms with Gasteiger partial charge in [-0.3, -0.25) is 0 Å². The number of rotatable bonds is 2. The Balaban J connectivity index is 1.53. The lowest BCUT2D eigenvalue weighted by Gasteiger charge is -2.31. The number of aromatic nitrogens is 1. The summed E-state index contributed by atoms with van der Waals surface area (Å²) in [5.41, 5.74) is 4.64. The van der Waals surface area contributed by atoms with Crippen LogP contribution in [0.25, 0.3) is 0 Å². The van der Waals surface area contributed by atoms with E-state index in [1.807, 2.05) is 6.20 Å². The fourth-order valence-electron chi connectivity index (χ4n) is 4.62. The van der Waals surface area contributed by atoms with Crippen molar-refractivity contribution in [1.29, 1.82) is 0 Å². The van der Waals surface area contributed by atoms with Gasteiger partial charge in [-0.2, -0.15) is 0 Å². The van der Waals surface area contributed by atoms with Crippen LogP contribution in [0.15, 0.2) is 28.9 Å². The van der Waals surface area contributed by atoms with Crippen LogP contribution in [-0.4, -0.2) is 44.4 Å². The number of morpholine rings is 1. The number of benzene rings is 1. The maximum absolute atomic E-state index is 6.47. The minimum atomic E-state index is -0.105. The first-order valence-electron chi connectivity index (χ1n) is 10.5. The van der Waals surface area contributed by atoms with Gasteiger partial charge in [0.05, 0.1) is 28.9 Å². The first-order chi connectivity index (χ1) is 14.2. The van der Waals surface area contributed by atoms with Gasteiger partial charge >= 0.3 is 0 Å². The van der Waals surface area contributed by atoms with Crippen molar-refractivity contribution in [2.45, 2.75) is 31.8 Å². The van der Waals surface area contributed by atoms with Crippen LogP contribution in [-0.2, 0) is 4.74 Å². The Morgan fingerprint density at radius 3 is 2.76 bits per heavy atom. The summed E-state index contributed by atoms with van der Waals surface area (Å²) in [6, 6.07) is 6.58. The molecule has 0 bridgehead atoms. The van der Waals surface area contributed by atoms with E-state index in [1.54, 1.807) is 0 Å². The van der Waals surface area contributed by atoms with Crippen LogP contribution in [0, 0.1) is 0 Å². The van der Waals surface area contributed by atoms with Crippen molar-refractivity contribution < 1.29 is 9.47 Å². The number of anilines is 3. The highest BCUT2D eigenvalue weighted by Gasteiger charge is 2.29. The number of halogens is 1. The van der Waals surface area contributed by atoms with E-state index in [0.29, 0.717) is 5.92 Å². The second-order valence-electron chi connectivity index (χ2n) is 7.98. The summed E-state index contributed by atoms with van der Waals surface area (Å²) in [4.78, 5) is 7.05. The topological polar surface area (TPSA) is 58.7 Å². The van der Waals surface area contributed by atoms with Crippen LogP contribution in [0.4, 0.5) is 17.2 Å². The Labute approximate surface area is 180 Å². The summed E-state index contributed by atoms with van der Waals surface area (Å²) < 4.78 is 13.0. The summed E-state index contributed by atoms with van der Waals surface area (Å²) in [6.45, 7) is 7.55. The van der Waals surface area contributed by atoms with Gasteiger partial charge in [-0.15, -0.1) is 0 Å². The molecule has 0 aliphatic carbocycles. The molecule has 1 unspecified atom stereocenters. The fraction of sp³-hybridized carbons (Fsp3) is 0.500. The van der Waals surface area contributed by atoms with E-state index in [1.165, 1.54) is 24.1 Å². The quantitative estimate of drug-likeness (QED) is 0.697. The second-order valence-corrected chi connectivity index (χ2v) is 8.83. The molecule has 3 aliphatic rings. The summed E-state index contributed by atoms with van der Waals surface area (Å²) in [5, 5.41) is 7.05. The van der Waals surface area contributed by atoms with Gasteiger partial charge < -0.3 is 25.0 Å². The van der Waals surface area contributed by atoms with Crippen LogP contribution in [0.3, 0.4) is 0 Å². The van der Waals surface area contributed by atoms with Gasteiger partial charge in [0.25, 0.3) is 0 Å². The summed E-state index contributed by atoms with van der Waals surface area (Å²) in [6.07, 6.45) is 4.11. The van der Waals surface area contributed by atoms with Crippen molar-refractivity contribution in [2.24, 2.45) is 0 Å². The third-order valence-corrected chi connectivity index (χ3v) is 6.74. The number of hydrogen-bond acceptors (Lipinski definition) is 6. The predicted molar refractivity (Wildman–Crippen MR) is 119 cm³/mol. The average Bonchev–Trinajstić information content (AvgIpc) is 2.91. The number of ether oxygens (including phenoxy) is 2. The zero-order valence-corrected chi connectivity index (χ0v) is 18.3. The van der Waals surface area contributed by atoms with Crippen molar-refractivity contribution in [3.8, 4) is 5.75 Å². The molecular weight excluding hydrogens is 432 g/mol. The first-order valence-corrected chi connectivity index (χ1v) is 11.3. The zero-order chi connectivity index (χ0) is 19.8. The van der Waals surface area contributed by atoms with Crippen molar-refractivity contribution in [3.63, 3.8) is 0 Å². The lowest BCUT2D eigenvalue weighted by Crippen LogP contribution is -2.37. The number of hydrogen-bond donors (Lipinski definition) is 2. The van der Waals surface area contributed by atoms with Gasteiger partial charge in [0.2, 0.25) is 0 Å². The molecule has 0 saturated carbocycles. The van der Waals surface area contributed by atoms with Gasteiger partial charge in [-0.05, 0) is 78.5 Å². The zero-order valence-electron chi connectivity index (χ0n) is 16.7. The number of fused-ring (bicyclic) bond motifs is 2. The van der Waals surface area contributed by atoms with E-state index in [-0.39, 0.29) is 6.10 Å². The smallest absolute Gasteiger partial charge is 0.157 e. The molecule has 2 N–H and O–H groups in total.